The van der Waals surface area contributed by atoms with Crippen LogP contribution in [0.25, 0.3) is 0 Å². The van der Waals surface area contributed by atoms with E-state index in [1.165, 1.54) is 16.7 Å². The molecule has 0 spiro atoms. The lowest BCUT2D eigenvalue weighted by atomic mass is 9.72. The zero-order valence-electron chi connectivity index (χ0n) is 16.9. The van der Waals surface area contributed by atoms with Gasteiger partial charge in [-0.25, -0.2) is 0 Å². The van der Waals surface area contributed by atoms with Crippen LogP contribution in [0.1, 0.15) is 29.5 Å². The van der Waals surface area contributed by atoms with E-state index in [0.717, 1.165) is 51.5 Å². The van der Waals surface area contributed by atoms with Crippen LogP contribution < -0.4 is 10.6 Å². The fraction of sp³-hybridized carbons (Fsp3) is 0.435. The van der Waals surface area contributed by atoms with Crippen LogP contribution in [0, 0.1) is 6.92 Å². The molecule has 1 aliphatic rings. The lowest BCUT2D eigenvalue weighted by Crippen LogP contribution is -2.48. The molecule has 0 amide bonds. The molecule has 2 N–H and O–H groups in total. The first-order valence-electron chi connectivity index (χ1n) is 9.86. The summed E-state index contributed by atoms with van der Waals surface area (Å²) in [5, 5.41) is 7.02. The molecule has 1 saturated heterocycles. The average molecular weight is 493 g/mol. The SMILES string of the molecule is CN=C(NCCc1ccccc1)NCC1(c2ccccc2C)CCOCC1.I. The summed E-state index contributed by atoms with van der Waals surface area (Å²) >= 11 is 0. The van der Waals surface area contributed by atoms with Gasteiger partial charge in [-0.1, -0.05) is 54.6 Å². The van der Waals surface area contributed by atoms with Crippen LogP contribution in [0.2, 0.25) is 0 Å². The largest absolute Gasteiger partial charge is 0.381 e. The summed E-state index contributed by atoms with van der Waals surface area (Å²) in [6.07, 6.45) is 3.05. The zero-order valence-corrected chi connectivity index (χ0v) is 19.2. The van der Waals surface area contributed by atoms with Gasteiger partial charge >= 0.3 is 0 Å². The minimum Gasteiger partial charge on any atom is -0.381 e. The van der Waals surface area contributed by atoms with E-state index in [1.807, 2.05) is 7.05 Å². The van der Waals surface area contributed by atoms with E-state index in [1.54, 1.807) is 0 Å². The van der Waals surface area contributed by atoms with Crippen LogP contribution in [0.4, 0.5) is 0 Å². The van der Waals surface area contributed by atoms with Gasteiger partial charge in [-0.3, -0.25) is 4.99 Å². The smallest absolute Gasteiger partial charge is 0.191 e. The van der Waals surface area contributed by atoms with Crippen LogP contribution in [0.3, 0.4) is 0 Å². The van der Waals surface area contributed by atoms with Crippen molar-refractivity contribution in [3.05, 3.63) is 71.3 Å². The number of aryl methyl sites for hydroxylation is 1. The number of benzene rings is 2. The van der Waals surface area contributed by atoms with Crippen molar-refractivity contribution in [3.63, 3.8) is 0 Å². The highest BCUT2D eigenvalue weighted by Crippen LogP contribution is 2.36. The predicted octanol–water partition coefficient (Wildman–Crippen LogP) is 4.07. The maximum atomic E-state index is 5.66. The Kier molecular flexibility index (Phi) is 9.25. The fourth-order valence-electron chi connectivity index (χ4n) is 3.91. The van der Waals surface area contributed by atoms with Gasteiger partial charge in [0.05, 0.1) is 0 Å². The first kappa shape index (κ1) is 22.7. The summed E-state index contributed by atoms with van der Waals surface area (Å²) in [5.41, 5.74) is 4.22. The Labute approximate surface area is 186 Å². The van der Waals surface area contributed by atoms with Gasteiger partial charge < -0.3 is 15.4 Å². The standard InChI is InChI=1S/C23H31N3O.HI/c1-19-8-6-7-11-21(19)23(13-16-27-17-14-23)18-26-22(24-2)25-15-12-20-9-4-3-5-10-20;/h3-11H,12-18H2,1-2H3,(H2,24,25,26);1H. The van der Waals surface area contributed by atoms with Crippen molar-refractivity contribution < 1.29 is 4.74 Å². The highest BCUT2D eigenvalue weighted by molar-refractivity contribution is 14.0. The summed E-state index contributed by atoms with van der Waals surface area (Å²) < 4.78 is 5.66. The molecule has 2 aromatic carbocycles. The molecule has 0 saturated carbocycles. The Bertz CT molecular complexity index is 743. The zero-order chi connectivity index (χ0) is 19.0. The Balaban J connectivity index is 0.00000280. The quantitative estimate of drug-likeness (QED) is 0.363. The Morgan fingerprint density at radius 2 is 1.68 bits per heavy atom. The van der Waals surface area contributed by atoms with E-state index in [4.69, 9.17) is 4.74 Å². The molecule has 0 bridgehead atoms. The van der Waals surface area contributed by atoms with Crippen LogP contribution in [0.5, 0.6) is 0 Å². The molecule has 0 atom stereocenters. The molecule has 0 aliphatic carbocycles. The van der Waals surface area contributed by atoms with Crippen molar-refractivity contribution in [1.29, 1.82) is 0 Å². The van der Waals surface area contributed by atoms with E-state index in [2.05, 4.69) is 77.1 Å². The summed E-state index contributed by atoms with van der Waals surface area (Å²) in [7, 11) is 1.84. The van der Waals surface area contributed by atoms with Crippen LogP contribution >= 0.6 is 24.0 Å². The van der Waals surface area contributed by atoms with Crippen LogP contribution in [-0.2, 0) is 16.6 Å². The van der Waals surface area contributed by atoms with Crippen molar-refractivity contribution in [3.8, 4) is 0 Å². The van der Waals surface area contributed by atoms with E-state index in [0.29, 0.717) is 0 Å². The third-order valence-electron chi connectivity index (χ3n) is 5.53. The van der Waals surface area contributed by atoms with Crippen molar-refractivity contribution in [2.24, 2.45) is 4.99 Å². The van der Waals surface area contributed by atoms with E-state index < -0.39 is 0 Å². The lowest BCUT2D eigenvalue weighted by molar-refractivity contribution is 0.0512. The molecule has 1 fully saturated rings. The first-order chi connectivity index (χ1) is 13.2. The molecule has 0 radical (unpaired) electrons. The van der Waals surface area contributed by atoms with Gasteiger partial charge in [0.15, 0.2) is 5.96 Å². The maximum Gasteiger partial charge on any atom is 0.191 e. The number of halogens is 1. The number of guanidine groups is 1. The summed E-state index contributed by atoms with van der Waals surface area (Å²) in [6, 6.07) is 19.3. The normalized spacial score (nSPS) is 16.1. The molecule has 0 aromatic heterocycles. The summed E-state index contributed by atoms with van der Waals surface area (Å²) in [6.45, 7) is 5.57. The van der Waals surface area contributed by atoms with Crippen molar-refractivity contribution in [1.82, 2.24) is 10.6 Å². The molecule has 5 heteroatoms. The second kappa shape index (κ2) is 11.4. The molecule has 3 rings (SSSR count). The van der Waals surface area contributed by atoms with Gasteiger partial charge in [-0.15, -0.1) is 24.0 Å². The highest BCUT2D eigenvalue weighted by Gasteiger charge is 2.35. The minimum absolute atomic E-state index is 0. The number of ether oxygens (including phenoxy) is 1. The summed E-state index contributed by atoms with van der Waals surface area (Å²) in [4.78, 5) is 4.41. The van der Waals surface area contributed by atoms with Crippen LogP contribution in [0.15, 0.2) is 59.6 Å². The van der Waals surface area contributed by atoms with E-state index >= 15 is 0 Å². The Hall–Kier alpha value is -1.60. The molecular weight excluding hydrogens is 461 g/mol. The number of aliphatic imine (C=N–C) groups is 1. The molecule has 2 aromatic rings. The fourth-order valence-corrected chi connectivity index (χ4v) is 3.91. The van der Waals surface area contributed by atoms with Crippen molar-refractivity contribution in [2.75, 3.05) is 33.4 Å². The predicted molar refractivity (Wildman–Crippen MR) is 128 cm³/mol. The molecule has 0 unspecified atom stereocenters. The van der Waals surface area contributed by atoms with Crippen LogP contribution in [-0.4, -0.2) is 39.3 Å². The molecule has 28 heavy (non-hydrogen) atoms. The van der Waals surface area contributed by atoms with Gasteiger partial charge in [0.2, 0.25) is 0 Å². The molecule has 1 aliphatic heterocycles. The van der Waals surface area contributed by atoms with Gasteiger partial charge in [0, 0.05) is 38.8 Å². The summed E-state index contributed by atoms with van der Waals surface area (Å²) in [5.74, 6) is 0.866. The number of nitrogens with one attached hydrogen (secondary N) is 2. The number of hydrogen-bond donors (Lipinski definition) is 2. The van der Waals surface area contributed by atoms with Gasteiger partial charge in [0.1, 0.15) is 0 Å². The maximum absolute atomic E-state index is 5.66. The number of hydrogen-bond acceptors (Lipinski definition) is 2. The first-order valence-corrected chi connectivity index (χ1v) is 9.86. The average Bonchev–Trinajstić information content (AvgIpc) is 2.72. The molecule has 152 valence electrons. The molecule has 4 nitrogen and oxygen atoms in total. The second-order valence-electron chi connectivity index (χ2n) is 7.30. The third-order valence-corrected chi connectivity index (χ3v) is 5.53. The third kappa shape index (κ3) is 5.95. The van der Waals surface area contributed by atoms with Crippen molar-refractivity contribution in [2.45, 2.75) is 31.6 Å². The monoisotopic (exact) mass is 493 g/mol. The van der Waals surface area contributed by atoms with Gasteiger partial charge in [-0.05, 0) is 42.9 Å². The number of nitrogens with zero attached hydrogens (tertiary/aromatic N) is 1. The van der Waals surface area contributed by atoms with Gasteiger partial charge in [0.25, 0.3) is 0 Å². The van der Waals surface area contributed by atoms with E-state index in [-0.39, 0.29) is 29.4 Å². The topological polar surface area (TPSA) is 45.7 Å². The molecule has 1 heterocycles. The molecular formula is C23H32IN3O. The lowest BCUT2D eigenvalue weighted by Gasteiger charge is -2.39. The Morgan fingerprint density at radius 1 is 1.00 bits per heavy atom. The van der Waals surface area contributed by atoms with E-state index in [9.17, 15) is 0 Å². The number of rotatable bonds is 6. The highest BCUT2D eigenvalue weighted by atomic mass is 127. The minimum atomic E-state index is 0. The van der Waals surface area contributed by atoms with Crippen molar-refractivity contribution >= 4 is 29.9 Å². The Morgan fingerprint density at radius 3 is 2.36 bits per heavy atom. The second-order valence-corrected chi connectivity index (χ2v) is 7.30. The van der Waals surface area contributed by atoms with Gasteiger partial charge in [-0.2, -0.15) is 0 Å².